The number of hydrogen-bond donors (Lipinski definition) is 0. The minimum atomic E-state index is -0.419. The number of carbonyl (C=O) groups excluding carboxylic acids is 2. The minimum absolute atomic E-state index is 0.0233. The maximum atomic E-state index is 13.8. The molecule has 6 heteroatoms. The predicted octanol–water partition coefficient (Wildman–Crippen LogP) is 6.67. The summed E-state index contributed by atoms with van der Waals surface area (Å²) in [6, 6.07) is 21.6. The van der Waals surface area contributed by atoms with Gasteiger partial charge < -0.3 is 19.1 Å². The van der Waals surface area contributed by atoms with Crippen molar-refractivity contribution in [1.82, 2.24) is 0 Å². The molecule has 0 N–H and O–H groups in total. The van der Waals surface area contributed by atoms with Gasteiger partial charge in [-0.25, -0.2) is 4.79 Å². The third-order valence-electron chi connectivity index (χ3n) is 7.03. The van der Waals surface area contributed by atoms with Crippen molar-refractivity contribution in [3.63, 3.8) is 0 Å². The molecule has 0 radical (unpaired) electrons. The standard InChI is InChI=1S/C32H35NO5/c1-36-28-13-8-14-29(37-2)31(28)25-18-15-24(16-19-25)22-33(32(35)26-10-5-4-6-11-26)27-12-7-9-23(21-27)17-20-30(34)38-3/h7-9,12-21,26H,4-6,10-11,22H2,1-3H3/b20-17+. The second kappa shape index (κ2) is 13.0. The third kappa shape index (κ3) is 6.43. The molecule has 1 aliphatic rings. The summed E-state index contributed by atoms with van der Waals surface area (Å²) >= 11 is 0. The Morgan fingerprint density at radius 1 is 0.868 bits per heavy atom. The molecule has 1 fully saturated rings. The molecule has 6 nitrogen and oxygen atoms in total. The lowest BCUT2D eigenvalue weighted by molar-refractivity contribution is -0.134. The smallest absolute Gasteiger partial charge is 0.330 e. The lowest BCUT2D eigenvalue weighted by atomic mass is 9.88. The van der Waals surface area contributed by atoms with Crippen molar-refractivity contribution in [3.8, 4) is 22.6 Å². The van der Waals surface area contributed by atoms with E-state index in [1.54, 1.807) is 20.3 Å². The van der Waals surface area contributed by atoms with Crippen LogP contribution in [-0.4, -0.2) is 33.2 Å². The van der Waals surface area contributed by atoms with Crippen molar-refractivity contribution in [3.05, 3.63) is 83.9 Å². The number of nitrogens with zero attached hydrogens (tertiary/aromatic N) is 1. The Morgan fingerprint density at radius 3 is 2.16 bits per heavy atom. The number of methoxy groups -OCH3 is 3. The van der Waals surface area contributed by atoms with Crippen LogP contribution in [0.4, 0.5) is 5.69 Å². The molecule has 1 aliphatic carbocycles. The number of carbonyl (C=O) groups is 2. The summed E-state index contributed by atoms with van der Waals surface area (Å²) in [6.45, 7) is 0.447. The van der Waals surface area contributed by atoms with Crippen molar-refractivity contribution < 1.29 is 23.8 Å². The summed E-state index contributed by atoms with van der Waals surface area (Å²) in [7, 11) is 4.65. The van der Waals surface area contributed by atoms with Crippen molar-refractivity contribution in [2.24, 2.45) is 5.92 Å². The molecule has 0 saturated heterocycles. The zero-order valence-electron chi connectivity index (χ0n) is 22.3. The van der Waals surface area contributed by atoms with Crippen molar-refractivity contribution >= 4 is 23.6 Å². The number of rotatable bonds is 9. The highest BCUT2D eigenvalue weighted by Crippen LogP contribution is 2.38. The first-order valence-electron chi connectivity index (χ1n) is 13.0. The van der Waals surface area contributed by atoms with E-state index in [-0.39, 0.29) is 11.8 Å². The highest BCUT2D eigenvalue weighted by atomic mass is 16.5. The van der Waals surface area contributed by atoms with Gasteiger partial charge in [-0.15, -0.1) is 0 Å². The van der Waals surface area contributed by atoms with Gasteiger partial charge >= 0.3 is 5.97 Å². The summed E-state index contributed by atoms with van der Waals surface area (Å²) in [5.74, 6) is 1.23. The lowest BCUT2D eigenvalue weighted by Gasteiger charge is -2.30. The second-order valence-corrected chi connectivity index (χ2v) is 9.45. The van der Waals surface area contributed by atoms with E-state index < -0.39 is 5.97 Å². The Morgan fingerprint density at radius 2 is 1.53 bits per heavy atom. The quantitative estimate of drug-likeness (QED) is 0.236. The van der Waals surface area contributed by atoms with Crippen LogP contribution in [0.2, 0.25) is 0 Å². The Balaban J connectivity index is 1.64. The van der Waals surface area contributed by atoms with Crippen LogP contribution < -0.4 is 14.4 Å². The normalized spacial score (nSPS) is 13.8. The van der Waals surface area contributed by atoms with Crippen LogP contribution in [0.5, 0.6) is 11.5 Å². The molecule has 0 aliphatic heterocycles. The minimum Gasteiger partial charge on any atom is -0.496 e. The van der Waals surface area contributed by atoms with Gasteiger partial charge in [0.05, 0.1) is 33.4 Å². The van der Waals surface area contributed by atoms with Crippen molar-refractivity contribution in [2.45, 2.75) is 38.6 Å². The summed E-state index contributed by atoms with van der Waals surface area (Å²) < 4.78 is 15.9. The molecule has 4 rings (SSSR count). The molecule has 0 heterocycles. The molecular formula is C32H35NO5. The molecule has 0 atom stereocenters. The van der Waals surface area contributed by atoms with Gasteiger partial charge in [0.25, 0.3) is 0 Å². The molecule has 0 aromatic heterocycles. The van der Waals surface area contributed by atoms with Gasteiger partial charge in [-0.2, -0.15) is 0 Å². The van der Waals surface area contributed by atoms with Crippen LogP contribution in [0.1, 0.15) is 43.2 Å². The SMILES string of the molecule is COC(=O)/C=C/c1cccc(N(Cc2ccc(-c3c(OC)cccc3OC)cc2)C(=O)C2CCCCC2)c1. The van der Waals surface area contributed by atoms with Gasteiger partial charge in [0, 0.05) is 17.7 Å². The zero-order valence-corrected chi connectivity index (χ0v) is 22.3. The number of anilines is 1. The van der Waals surface area contributed by atoms with E-state index in [0.29, 0.717) is 6.54 Å². The van der Waals surface area contributed by atoms with Gasteiger partial charge in [-0.1, -0.05) is 61.7 Å². The molecule has 0 spiro atoms. The third-order valence-corrected chi connectivity index (χ3v) is 7.03. The van der Waals surface area contributed by atoms with Gasteiger partial charge in [0.15, 0.2) is 0 Å². The Labute approximate surface area is 224 Å². The van der Waals surface area contributed by atoms with Crippen LogP contribution in [-0.2, 0) is 20.9 Å². The Hall–Kier alpha value is -4.06. The van der Waals surface area contributed by atoms with Crippen molar-refractivity contribution in [1.29, 1.82) is 0 Å². The molecule has 1 amide bonds. The van der Waals surface area contributed by atoms with Crippen molar-refractivity contribution in [2.75, 3.05) is 26.2 Å². The zero-order chi connectivity index (χ0) is 26.9. The van der Waals surface area contributed by atoms with Gasteiger partial charge in [0.2, 0.25) is 5.91 Å². The van der Waals surface area contributed by atoms with Crippen LogP contribution in [0.25, 0.3) is 17.2 Å². The molecule has 198 valence electrons. The average molecular weight is 514 g/mol. The molecule has 3 aromatic rings. The van der Waals surface area contributed by atoms with E-state index in [1.807, 2.05) is 71.6 Å². The molecule has 0 unspecified atom stereocenters. The number of esters is 1. The predicted molar refractivity (Wildman–Crippen MR) is 150 cm³/mol. The topological polar surface area (TPSA) is 65.1 Å². The molecule has 3 aromatic carbocycles. The first-order valence-corrected chi connectivity index (χ1v) is 13.0. The molecule has 0 bridgehead atoms. The van der Waals surface area contributed by atoms with Gasteiger partial charge in [-0.3, -0.25) is 4.79 Å². The second-order valence-electron chi connectivity index (χ2n) is 9.45. The fraction of sp³-hybridized carbons (Fsp3) is 0.312. The van der Waals surface area contributed by atoms with E-state index in [1.165, 1.54) is 19.6 Å². The summed E-state index contributed by atoms with van der Waals surface area (Å²) in [5.41, 5.74) is 4.52. The van der Waals surface area contributed by atoms with E-state index >= 15 is 0 Å². The maximum absolute atomic E-state index is 13.8. The summed E-state index contributed by atoms with van der Waals surface area (Å²) in [4.78, 5) is 27.2. The largest absolute Gasteiger partial charge is 0.496 e. The first kappa shape index (κ1) is 27.0. The van der Waals surface area contributed by atoms with Gasteiger partial charge in [0.1, 0.15) is 11.5 Å². The highest BCUT2D eigenvalue weighted by Gasteiger charge is 2.27. The number of hydrogen-bond acceptors (Lipinski definition) is 5. The summed E-state index contributed by atoms with van der Waals surface area (Å²) in [6.07, 6.45) is 8.29. The van der Waals surface area contributed by atoms with E-state index in [9.17, 15) is 9.59 Å². The maximum Gasteiger partial charge on any atom is 0.330 e. The molecular weight excluding hydrogens is 478 g/mol. The highest BCUT2D eigenvalue weighted by molar-refractivity contribution is 5.95. The number of benzene rings is 3. The Bertz CT molecular complexity index is 1250. The van der Waals surface area contributed by atoms with E-state index in [4.69, 9.17) is 14.2 Å². The molecule has 1 saturated carbocycles. The Kier molecular flexibility index (Phi) is 9.20. The van der Waals surface area contributed by atoms with Crippen LogP contribution in [0, 0.1) is 5.92 Å². The fourth-order valence-electron chi connectivity index (χ4n) is 4.99. The number of amides is 1. The first-order chi connectivity index (χ1) is 18.5. The molecule has 38 heavy (non-hydrogen) atoms. The van der Waals surface area contributed by atoms with Gasteiger partial charge in [-0.05, 0) is 59.9 Å². The monoisotopic (exact) mass is 513 g/mol. The van der Waals surface area contributed by atoms with E-state index in [2.05, 4.69) is 0 Å². The van der Waals surface area contributed by atoms with Crippen LogP contribution >= 0.6 is 0 Å². The average Bonchev–Trinajstić information content (AvgIpc) is 2.98. The van der Waals surface area contributed by atoms with Crippen LogP contribution in [0.3, 0.4) is 0 Å². The van der Waals surface area contributed by atoms with E-state index in [0.717, 1.165) is 65.1 Å². The summed E-state index contributed by atoms with van der Waals surface area (Å²) in [5, 5.41) is 0. The lowest BCUT2D eigenvalue weighted by Crippen LogP contribution is -2.36. The fourth-order valence-corrected chi connectivity index (χ4v) is 4.99. The number of ether oxygens (including phenoxy) is 3. The van der Waals surface area contributed by atoms with Crippen LogP contribution in [0.15, 0.2) is 72.8 Å².